The van der Waals surface area contributed by atoms with Crippen LogP contribution in [0.1, 0.15) is 43.0 Å². The van der Waals surface area contributed by atoms with Gasteiger partial charge in [0, 0.05) is 22.4 Å². The summed E-state index contributed by atoms with van der Waals surface area (Å²) in [7, 11) is 0. The summed E-state index contributed by atoms with van der Waals surface area (Å²) >= 11 is 12.6. The van der Waals surface area contributed by atoms with Crippen LogP contribution in [0.3, 0.4) is 0 Å². The predicted octanol–water partition coefficient (Wildman–Crippen LogP) is 5.04. The van der Waals surface area contributed by atoms with Crippen LogP contribution in [0.15, 0.2) is 36.7 Å². The molecule has 1 unspecified atom stereocenters. The van der Waals surface area contributed by atoms with Crippen molar-refractivity contribution in [2.45, 2.75) is 32.7 Å². The van der Waals surface area contributed by atoms with E-state index in [0.29, 0.717) is 5.02 Å². The summed E-state index contributed by atoms with van der Waals surface area (Å²) in [6, 6.07) is 7.71. The summed E-state index contributed by atoms with van der Waals surface area (Å²) in [5.41, 5.74) is 3.45. The molecule has 0 saturated heterocycles. The molecule has 0 fully saturated rings. The van der Waals surface area contributed by atoms with Gasteiger partial charge in [-0.1, -0.05) is 37.0 Å². The molecule has 2 nitrogen and oxygen atoms in total. The zero-order chi connectivity index (χ0) is 15.2. The Morgan fingerprint density at radius 3 is 2.67 bits per heavy atom. The molecule has 1 heterocycles. The number of rotatable bonds is 6. The normalized spacial score (nSPS) is 12.4. The van der Waals surface area contributed by atoms with E-state index in [1.54, 1.807) is 0 Å². The number of hydrogen-bond acceptors (Lipinski definition) is 2. The van der Waals surface area contributed by atoms with Gasteiger partial charge in [0.15, 0.2) is 0 Å². The van der Waals surface area contributed by atoms with Gasteiger partial charge in [-0.05, 0) is 60.3 Å². The first-order chi connectivity index (χ1) is 10.2. The van der Waals surface area contributed by atoms with Crippen molar-refractivity contribution in [1.82, 2.24) is 10.3 Å². The van der Waals surface area contributed by atoms with E-state index in [2.05, 4.69) is 30.2 Å². The molecule has 112 valence electrons. The highest BCUT2D eigenvalue weighted by Crippen LogP contribution is 2.32. The highest BCUT2D eigenvalue weighted by atomic mass is 35.5. The Hall–Kier alpha value is -1.09. The Morgan fingerprint density at radius 1 is 1.14 bits per heavy atom. The Morgan fingerprint density at radius 2 is 1.95 bits per heavy atom. The third-order valence-electron chi connectivity index (χ3n) is 3.50. The Kier molecular flexibility index (Phi) is 6.04. The lowest BCUT2D eigenvalue weighted by atomic mass is 9.94. The standard InChI is InChI=1S/C17H20Cl2N2/c1-3-8-21-17(14-7-9-20-11-12(14)4-2)15-10-13(18)5-6-16(15)19/h5-7,9-11,17,21H,3-4,8H2,1-2H3. The van der Waals surface area contributed by atoms with Gasteiger partial charge in [-0.25, -0.2) is 0 Å². The number of hydrogen-bond donors (Lipinski definition) is 1. The fraction of sp³-hybridized carbons (Fsp3) is 0.353. The molecule has 1 N–H and O–H groups in total. The van der Waals surface area contributed by atoms with Gasteiger partial charge in [-0.2, -0.15) is 0 Å². The van der Waals surface area contributed by atoms with Gasteiger partial charge in [0.25, 0.3) is 0 Å². The zero-order valence-electron chi connectivity index (χ0n) is 12.4. The molecular formula is C17H20Cl2N2. The second-order valence-corrected chi connectivity index (χ2v) is 5.82. The third-order valence-corrected chi connectivity index (χ3v) is 4.08. The van der Waals surface area contributed by atoms with Crippen LogP contribution in [-0.4, -0.2) is 11.5 Å². The van der Waals surface area contributed by atoms with Crippen molar-refractivity contribution in [1.29, 1.82) is 0 Å². The summed E-state index contributed by atoms with van der Waals surface area (Å²) in [5, 5.41) is 5.00. The largest absolute Gasteiger partial charge is 0.306 e. The quantitative estimate of drug-likeness (QED) is 0.805. The first kappa shape index (κ1) is 16.3. The number of pyridine rings is 1. The van der Waals surface area contributed by atoms with Gasteiger partial charge < -0.3 is 5.32 Å². The fourth-order valence-electron chi connectivity index (χ4n) is 2.43. The van der Waals surface area contributed by atoms with E-state index in [4.69, 9.17) is 23.2 Å². The molecule has 0 aliphatic heterocycles. The van der Waals surface area contributed by atoms with E-state index in [9.17, 15) is 0 Å². The Labute approximate surface area is 136 Å². The molecule has 0 radical (unpaired) electrons. The maximum Gasteiger partial charge on any atom is 0.0595 e. The number of benzene rings is 1. The summed E-state index contributed by atoms with van der Waals surface area (Å²) in [6.07, 6.45) is 5.74. The highest BCUT2D eigenvalue weighted by molar-refractivity contribution is 6.33. The molecule has 1 atom stereocenters. The van der Waals surface area contributed by atoms with Crippen molar-refractivity contribution in [2.75, 3.05) is 6.54 Å². The molecule has 2 rings (SSSR count). The third kappa shape index (κ3) is 3.97. The predicted molar refractivity (Wildman–Crippen MR) is 90.2 cm³/mol. The molecule has 4 heteroatoms. The van der Waals surface area contributed by atoms with E-state index in [1.165, 1.54) is 11.1 Å². The highest BCUT2D eigenvalue weighted by Gasteiger charge is 2.19. The smallest absolute Gasteiger partial charge is 0.0595 e. The van der Waals surface area contributed by atoms with Gasteiger partial charge >= 0.3 is 0 Å². The van der Waals surface area contributed by atoms with Crippen molar-refractivity contribution in [2.24, 2.45) is 0 Å². The van der Waals surface area contributed by atoms with Crippen LogP contribution in [-0.2, 0) is 6.42 Å². The molecule has 0 spiro atoms. The van der Waals surface area contributed by atoms with Crippen molar-refractivity contribution in [3.63, 3.8) is 0 Å². The van der Waals surface area contributed by atoms with Crippen LogP contribution in [0.5, 0.6) is 0 Å². The first-order valence-electron chi connectivity index (χ1n) is 7.28. The number of nitrogens with zero attached hydrogens (tertiary/aromatic N) is 1. The maximum atomic E-state index is 6.40. The van der Waals surface area contributed by atoms with Crippen molar-refractivity contribution >= 4 is 23.2 Å². The van der Waals surface area contributed by atoms with Gasteiger partial charge in [0.05, 0.1) is 6.04 Å². The Balaban J connectivity index is 2.49. The van der Waals surface area contributed by atoms with E-state index < -0.39 is 0 Å². The lowest BCUT2D eigenvalue weighted by Gasteiger charge is -2.23. The lowest BCUT2D eigenvalue weighted by molar-refractivity contribution is 0.594. The number of nitrogens with one attached hydrogen (secondary N) is 1. The summed E-state index contributed by atoms with van der Waals surface area (Å²) < 4.78 is 0. The van der Waals surface area contributed by atoms with E-state index >= 15 is 0 Å². The second kappa shape index (κ2) is 7.79. The average Bonchev–Trinajstić information content (AvgIpc) is 2.51. The first-order valence-corrected chi connectivity index (χ1v) is 8.04. The summed E-state index contributed by atoms with van der Waals surface area (Å²) in [4.78, 5) is 4.23. The molecule has 1 aromatic carbocycles. The van der Waals surface area contributed by atoms with Crippen LogP contribution in [0.4, 0.5) is 0 Å². The molecule has 0 saturated carbocycles. The van der Waals surface area contributed by atoms with Gasteiger partial charge in [0.1, 0.15) is 0 Å². The van der Waals surface area contributed by atoms with Crippen LogP contribution in [0.25, 0.3) is 0 Å². The minimum Gasteiger partial charge on any atom is -0.306 e. The van der Waals surface area contributed by atoms with E-state index in [0.717, 1.165) is 30.0 Å². The average molecular weight is 323 g/mol. The fourth-order valence-corrected chi connectivity index (χ4v) is 2.83. The summed E-state index contributed by atoms with van der Waals surface area (Å²) in [5.74, 6) is 0. The lowest BCUT2D eigenvalue weighted by Crippen LogP contribution is -2.24. The number of halogens is 2. The molecule has 0 bridgehead atoms. The number of aromatic nitrogens is 1. The van der Waals surface area contributed by atoms with Gasteiger partial charge in [-0.15, -0.1) is 0 Å². The van der Waals surface area contributed by atoms with E-state index in [-0.39, 0.29) is 6.04 Å². The number of aryl methyl sites for hydroxylation is 1. The second-order valence-electron chi connectivity index (χ2n) is 4.98. The van der Waals surface area contributed by atoms with Crippen molar-refractivity contribution < 1.29 is 0 Å². The molecular weight excluding hydrogens is 303 g/mol. The van der Waals surface area contributed by atoms with Crippen LogP contribution in [0, 0.1) is 0 Å². The molecule has 2 aromatic rings. The zero-order valence-corrected chi connectivity index (χ0v) is 13.9. The molecule has 1 aromatic heterocycles. The molecule has 21 heavy (non-hydrogen) atoms. The van der Waals surface area contributed by atoms with Crippen molar-refractivity contribution in [3.8, 4) is 0 Å². The molecule has 0 aliphatic carbocycles. The Bertz CT molecular complexity index is 599. The SMILES string of the molecule is CCCNC(c1cc(Cl)ccc1Cl)c1ccncc1CC. The van der Waals surface area contributed by atoms with Crippen LogP contribution in [0.2, 0.25) is 10.0 Å². The van der Waals surface area contributed by atoms with Gasteiger partial charge in [0.2, 0.25) is 0 Å². The van der Waals surface area contributed by atoms with Crippen molar-refractivity contribution in [3.05, 3.63) is 63.4 Å². The van der Waals surface area contributed by atoms with Crippen LogP contribution < -0.4 is 5.32 Å². The van der Waals surface area contributed by atoms with Crippen LogP contribution >= 0.6 is 23.2 Å². The van der Waals surface area contributed by atoms with Gasteiger partial charge in [-0.3, -0.25) is 4.98 Å². The molecule has 0 amide bonds. The monoisotopic (exact) mass is 322 g/mol. The topological polar surface area (TPSA) is 24.9 Å². The van der Waals surface area contributed by atoms with E-state index in [1.807, 2.05) is 30.6 Å². The molecule has 0 aliphatic rings. The minimum atomic E-state index is 0.0362. The maximum absolute atomic E-state index is 6.40. The minimum absolute atomic E-state index is 0.0362. The summed E-state index contributed by atoms with van der Waals surface area (Å²) in [6.45, 7) is 5.20.